The van der Waals surface area contributed by atoms with Crippen molar-refractivity contribution in [1.29, 1.82) is 0 Å². The molecule has 0 aliphatic carbocycles. The minimum absolute atomic E-state index is 0.0355. The maximum atomic E-state index is 14.5. The number of anilines is 2. The topological polar surface area (TPSA) is 97.5 Å². The van der Waals surface area contributed by atoms with Crippen molar-refractivity contribution in [2.24, 2.45) is 0 Å². The number of pyridine rings is 1. The fourth-order valence-corrected chi connectivity index (χ4v) is 4.09. The third kappa shape index (κ3) is 4.63. The molecular weight excluding hydrogens is 447 g/mol. The van der Waals surface area contributed by atoms with Gasteiger partial charge >= 0.3 is 0 Å². The second-order valence-corrected chi connectivity index (χ2v) is 8.52. The van der Waals surface area contributed by atoms with Gasteiger partial charge in [0.1, 0.15) is 17.4 Å². The van der Waals surface area contributed by atoms with E-state index in [1.165, 1.54) is 6.07 Å². The zero-order chi connectivity index (χ0) is 24.5. The van der Waals surface area contributed by atoms with Gasteiger partial charge in [-0.2, -0.15) is 0 Å². The van der Waals surface area contributed by atoms with Crippen LogP contribution < -0.4 is 15.8 Å². The fraction of sp³-hybridized carbons (Fsp3) is 0.148. The molecule has 0 fully saturated rings. The molecule has 7 nitrogen and oxygen atoms in total. The summed E-state index contributed by atoms with van der Waals surface area (Å²) in [7, 11) is 0. The van der Waals surface area contributed by atoms with Crippen LogP contribution in [0, 0.1) is 12.7 Å². The Balaban J connectivity index is 1.50. The summed E-state index contributed by atoms with van der Waals surface area (Å²) in [5, 5.41) is 3.57. The summed E-state index contributed by atoms with van der Waals surface area (Å²) in [6.45, 7) is 2.10. The third-order valence-corrected chi connectivity index (χ3v) is 5.95. The van der Waals surface area contributed by atoms with Gasteiger partial charge in [-0.1, -0.05) is 24.3 Å². The number of hydrogen-bond acceptors (Lipinski definition) is 5. The van der Waals surface area contributed by atoms with E-state index in [9.17, 15) is 14.0 Å². The molecule has 3 N–H and O–H groups in total. The van der Waals surface area contributed by atoms with Crippen molar-refractivity contribution in [2.75, 3.05) is 17.7 Å². The second-order valence-electron chi connectivity index (χ2n) is 8.52. The van der Waals surface area contributed by atoms with Gasteiger partial charge in [0.15, 0.2) is 6.61 Å². The first-order chi connectivity index (χ1) is 16.9. The number of ether oxygens (including phenoxy) is 1. The molecule has 0 saturated carbocycles. The highest BCUT2D eigenvalue weighted by Gasteiger charge is 2.21. The highest BCUT2D eigenvalue weighted by atomic mass is 19.1. The molecule has 176 valence electrons. The molecule has 0 spiro atoms. The molecule has 0 bridgehead atoms. The van der Waals surface area contributed by atoms with Crippen LogP contribution >= 0.6 is 0 Å². The zero-order valence-electron chi connectivity index (χ0n) is 19.0. The van der Waals surface area contributed by atoms with Crippen LogP contribution in [0.25, 0.3) is 10.9 Å². The molecule has 1 aliphatic rings. The summed E-state index contributed by atoms with van der Waals surface area (Å²) >= 11 is 0. The van der Waals surface area contributed by atoms with Crippen molar-refractivity contribution in [1.82, 2.24) is 9.88 Å². The summed E-state index contributed by atoms with van der Waals surface area (Å²) in [6.07, 6.45) is 0. The van der Waals surface area contributed by atoms with Gasteiger partial charge in [0.2, 0.25) is 0 Å². The van der Waals surface area contributed by atoms with E-state index < -0.39 is 0 Å². The number of nitrogens with two attached hydrogens (primary N) is 1. The van der Waals surface area contributed by atoms with Gasteiger partial charge in [-0.15, -0.1) is 0 Å². The van der Waals surface area contributed by atoms with Gasteiger partial charge in [0, 0.05) is 29.6 Å². The second kappa shape index (κ2) is 9.06. The Morgan fingerprint density at radius 1 is 1.11 bits per heavy atom. The quantitative estimate of drug-likeness (QED) is 0.450. The number of nitrogens with zero attached hydrogens (tertiary/aromatic N) is 2. The van der Waals surface area contributed by atoms with Crippen molar-refractivity contribution in [3.63, 3.8) is 0 Å². The van der Waals surface area contributed by atoms with E-state index in [1.54, 1.807) is 53.4 Å². The molecule has 4 aromatic rings. The van der Waals surface area contributed by atoms with Gasteiger partial charge < -0.3 is 20.7 Å². The largest absolute Gasteiger partial charge is 0.482 e. The third-order valence-electron chi connectivity index (χ3n) is 5.95. The molecule has 1 aromatic heterocycles. The van der Waals surface area contributed by atoms with E-state index in [-0.39, 0.29) is 37.3 Å². The summed E-state index contributed by atoms with van der Waals surface area (Å²) in [5.41, 5.74) is 9.60. The molecule has 0 unspecified atom stereocenters. The number of carbonyl (C=O) groups excluding carboxylic acids is 2. The van der Waals surface area contributed by atoms with Crippen LogP contribution in [0.5, 0.6) is 5.75 Å². The van der Waals surface area contributed by atoms with Crippen LogP contribution in [0.15, 0.2) is 66.7 Å². The van der Waals surface area contributed by atoms with Crippen LogP contribution in [0.4, 0.5) is 15.9 Å². The maximum absolute atomic E-state index is 14.5. The van der Waals surface area contributed by atoms with Crippen molar-refractivity contribution in [3.8, 4) is 5.75 Å². The van der Waals surface area contributed by atoms with E-state index in [0.717, 1.165) is 16.5 Å². The highest BCUT2D eigenvalue weighted by molar-refractivity contribution is 5.98. The summed E-state index contributed by atoms with van der Waals surface area (Å²) in [4.78, 5) is 31.3. The Labute approximate surface area is 201 Å². The summed E-state index contributed by atoms with van der Waals surface area (Å²) in [5.74, 6) is 0.126. The smallest absolute Gasteiger partial charge is 0.262 e. The lowest BCUT2D eigenvalue weighted by atomic mass is 10.1. The van der Waals surface area contributed by atoms with E-state index in [1.807, 2.05) is 19.1 Å². The molecule has 8 heteroatoms. The molecule has 1 aliphatic heterocycles. The molecule has 3 aromatic carbocycles. The molecule has 35 heavy (non-hydrogen) atoms. The van der Waals surface area contributed by atoms with Gasteiger partial charge in [-0.05, 0) is 60.5 Å². The Bertz CT molecular complexity index is 1470. The average molecular weight is 471 g/mol. The molecule has 2 heterocycles. The van der Waals surface area contributed by atoms with Gasteiger partial charge in [0.05, 0.1) is 11.2 Å². The number of aryl methyl sites for hydroxylation is 1. The van der Waals surface area contributed by atoms with E-state index in [0.29, 0.717) is 33.9 Å². The zero-order valence-corrected chi connectivity index (χ0v) is 19.0. The van der Waals surface area contributed by atoms with Crippen LogP contribution in [-0.2, 0) is 17.9 Å². The van der Waals surface area contributed by atoms with Crippen molar-refractivity contribution < 1.29 is 18.7 Å². The van der Waals surface area contributed by atoms with E-state index in [2.05, 4.69) is 10.3 Å². The number of nitrogens with one attached hydrogen (secondary N) is 1. The lowest BCUT2D eigenvalue weighted by Crippen LogP contribution is -2.31. The lowest BCUT2D eigenvalue weighted by Gasteiger charge is -2.25. The Morgan fingerprint density at radius 3 is 2.77 bits per heavy atom. The Kier molecular flexibility index (Phi) is 5.78. The minimum Gasteiger partial charge on any atom is -0.482 e. The number of rotatable bonds is 5. The van der Waals surface area contributed by atoms with Crippen molar-refractivity contribution >= 4 is 34.2 Å². The average Bonchev–Trinajstić information content (AvgIpc) is 2.84. The van der Waals surface area contributed by atoms with Gasteiger partial charge in [0.25, 0.3) is 11.8 Å². The first-order valence-corrected chi connectivity index (χ1v) is 11.1. The van der Waals surface area contributed by atoms with Gasteiger partial charge in [-0.3, -0.25) is 9.59 Å². The monoisotopic (exact) mass is 470 g/mol. The standard InChI is InChI=1S/C27H23FN4O3/c1-16-10-20-12-18(7-8-22(20)31-26(16)29)27(34)32(14-19-4-2-3-5-21(19)28)13-17-6-9-24-23(11-17)30-25(33)15-35-24/h2-12H,13-15H2,1H3,(H2,29,31)(H,30,33). The normalized spacial score (nSPS) is 12.6. The molecule has 2 amide bonds. The van der Waals surface area contributed by atoms with Crippen molar-refractivity contribution in [3.05, 3.63) is 94.8 Å². The van der Waals surface area contributed by atoms with Crippen LogP contribution in [0.1, 0.15) is 27.0 Å². The maximum Gasteiger partial charge on any atom is 0.262 e. The fourth-order valence-electron chi connectivity index (χ4n) is 4.09. The number of amides is 2. The summed E-state index contributed by atoms with van der Waals surface area (Å²) in [6, 6.07) is 18.8. The number of benzene rings is 3. The van der Waals surface area contributed by atoms with E-state index in [4.69, 9.17) is 10.5 Å². The SMILES string of the molecule is Cc1cc2cc(C(=O)N(Cc3ccc4c(c3)NC(=O)CO4)Cc3ccccc3F)ccc2nc1N. The highest BCUT2D eigenvalue weighted by Crippen LogP contribution is 2.29. The predicted molar refractivity (Wildman–Crippen MR) is 131 cm³/mol. The van der Waals surface area contributed by atoms with Crippen LogP contribution in [0.2, 0.25) is 0 Å². The van der Waals surface area contributed by atoms with Crippen LogP contribution in [-0.4, -0.2) is 28.3 Å². The number of aromatic nitrogens is 1. The number of fused-ring (bicyclic) bond motifs is 2. The molecule has 0 saturated heterocycles. The minimum atomic E-state index is -0.384. The lowest BCUT2D eigenvalue weighted by molar-refractivity contribution is -0.118. The first kappa shape index (κ1) is 22.3. The molecule has 5 rings (SSSR count). The number of hydrogen-bond donors (Lipinski definition) is 2. The molecule has 0 radical (unpaired) electrons. The molecule has 0 atom stereocenters. The van der Waals surface area contributed by atoms with Crippen LogP contribution in [0.3, 0.4) is 0 Å². The Morgan fingerprint density at radius 2 is 1.94 bits per heavy atom. The summed E-state index contributed by atoms with van der Waals surface area (Å²) < 4.78 is 19.9. The predicted octanol–water partition coefficient (Wildman–Crippen LogP) is 4.44. The Hall–Kier alpha value is -4.46. The van der Waals surface area contributed by atoms with Crippen molar-refractivity contribution in [2.45, 2.75) is 20.0 Å². The number of halogens is 1. The molecular formula is C27H23FN4O3. The number of nitrogen functional groups attached to an aromatic ring is 1. The van der Waals surface area contributed by atoms with Gasteiger partial charge in [-0.25, -0.2) is 9.37 Å². The van der Waals surface area contributed by atoms with E-state index >= 15 is 0 Å². The number of carbonyl (C=O) groups is 2. The first-order valence-electron chi connectivity index (χ1n) is 11.1.